The van der Waals surface area contributed by atoms with E-state index in [4.69, 9.17) is 5.73 Å². The molecular weight excluding hydrogens is 334 g/mol. The van der Waals surface area contributed by atoms with Crippen LogP contribution in [-0.4, -0.2) is 53.4 Å². The Bertz CT molecular complexity index is 358. The Morgan fingerprint density at radius 1 is 1.39 bits per heavy atom. The summed E-state index contributed by atoms with van der Waals surface area (Å²) in [6.07, 6.45) is 5.82. The van der Waals surface area contributed by atoms with Crippen molar-refractivity contribution in [3.8, 4) is 0 Å². The first kappa shape index (κ1) is 22.5. The van der Waals surface area contributed by atoms with Crippen molar-refractivity contribution in [2.24, 2.45) is 5.73 Å². The summed E-state index contributed by atoms with van der Waals surface area (Å²) in [5, 5.41) is 2.92. The second-order valence-electron chi connectivity index (χ2n) is 5.89. The van der Waals surface area contributed by atoms with Gasteiger partial charge in [-0.05, 0) is 38.4 Å². The lowest BCUT2D eigenvalue weighted by Gasteiger charge is -2.37. The number of piperidine rings is 1. The molecule has 2 unspecified atom stereocenters. The summed E-state index contributed by atoms with van der Waals surface area (Å²) in [6, 6.07) is 0.136. The van der Waals surface area contributed by atoms with Gasteiger partial charge in [-0.1, -0.05) is 13.3 Å². The summed E-state index contributed by atoms with van der Waals surface area (Å²) >= 11 is 1.74. The summed E-state index contributed by atoms with van der Waals surface area (Å²) in [5.41, 5.74) is 5.38. The third kappa shape index (κ3) is 8.27. The molecule has 7 heteroatoms. The molecule has 0 saturated carbocycles. The van der Waals surface area contributed by atoms with Gasteiger partial charge in [0.15, 0.2) is 0 Å². The molecule has 1 rings (SSSR count). The van der Waals surface area contributed by atoms with E-state index in [1.165, 1.54) is 0 Å². The molecule has 1 heterocycles. The largest absolute Gasteiger partial charge is 0.354 e. The molecule has 2 amide bonds. The van der Waals surface area contributed by atoms with Crippen molar-refractivity contribution in [1.82, 2.24) is 10.2 Å². The van der Waals surface area contributed by atoms with Gasteiger partial charge < -0.3 is 16.0 Å². The topological polar surface area (TPSA) is 75.4 Å². The highest BCUT2D eigenvalue weighted by Gasteiger charge is 2.29. The Morgan fingerprint density at radius 2 is 2.13 bits per heavy atom. The Labute approximate surface area is 150 Å². The predicted octanol–water partition coefficient (Wildman–Crippen LogP) is 2.18. The van der Waals surface area contributed by atoms with Gasteiger partial charge in [0.1, 0.15) is 0 Å². The van der Waals surface area contributed by atoms with Gasteiger partial charge in [-0.15, -0.1) is 24.2 Å². The fourth-order valence-electron chi connectivity index (χ4n) is 2.66. The van der Waals surface area contributed by atoms with Crippen LogP contribution in [0.1, 0.15) is 52.4 Å². The van der Waals surface area contributed by atoms with E-state index in [1.807, 2.05) is 11.8 Å². The summed E-state index contributed by atoms with van der Waals surface area (Å²) in [5.74, 6) is 1.24. The van der Waals surface area contributed by atoms with Crippen LogP contribution >= 0.6 is 24.2 Å². The molecule has 136 valence electrons. The molecule has 1 aliphatic heterocycles. The first-order valence-electron chi connectivity index (χ1n) is 8.49. The van der Waals surface area contributed by atoms with E-state index in [2.05, 4.69) is 12.2 Å². The fourth-order valence-corrected chi connectivity index (χ4v) is 3.75. The van der Waals surface area contributed by atoms with E-state index < -0.39 is 0 Å². The minimum Gasteiger partial charge on any atom is -0.354 e. The minimum atomic E-state index is -0.0224. The van der Waals surface area contributed by atoms with Crippen LogP contribution in [0.3, 0.4) is 0 Å². The average molecular weight is 366 g/mol. The summed E-state index contributed by atoms with van der Waals surface area (Å²) < 4.78 is 0. The number of thioether (sulfide) groups is 1. The second-order valence-corrected chi connectivity index (χ2v) is 7.34. The van der Waals surface area contributed by atoms with Gasteiger partial charge in [0.05, 0.1) is 5.25 Å². The van der Waals surface area contributed by atoms with E-state index in [0.717, 1.165) is 44.4 Å². The number of carbonyl (C=O) groups excluding carboxylic acids is 2. The van der Waals surface area contributed by atoms with E-state index in [0.29, 0.717) is 19.5 Å². The highest BCUT2D eigenvalue weighted by molar-refractivity contribution is 8.00. The molecule has 0 aromatic heterocycles. The smallest absolute Gasteiger partial charge is 0.235 e. The van der Waals surface area contributed by atoms with Crippen molar-refractivity contribution in [2.45, 2.75) is 63.7 Å². The van der Waals surface area contributed by atoms with Crippen LogP contribution in [0.25, 0.3) is 0 Å². The predicted molar refractivity (Wildman–Crippen MR) is 100 cm³/mol. The maximum atomic E-state index is 12.6. The van der Waals surface area contributed by atoms with Crippen LogP contribution in [0.2, 0.25) is 0 Å². The number of nitrogens with two attached hydrogens (primary N) is 1. The summed E-state index contributed by atoms with van der Waals surface area (Å²) in [4.78, 5) is 26.2. The molecule has 1 saturated heterocycles. The third-order valence-corrected chi connectivity index (χ3v) is 5.26. The van der Waals surface area contributed by atoms with Gasteiger partial charge in [0, 0.05) is 32.1 Å². The van der Waals surface area contributed by atoms with Gasteiger partial charge in [-0.25, -0.2) is 0 Å². The van der Waals surface area contributed by atoms with Crippen molar-refractivity contribution in [1.29, 1.82) is 0 Å². The molecule has 0 spiro atoms. The number of halogens is 1. The molecule has 0 aromatic rings. The number of rotatable bonds is 9. The first-order valence-corrected chi connectivity index (χ1v) is 9.53. The third-order valence-electron chi connectivity index (χ3n) is 4.03. The average Bonchev–Trinajstić information content (AvgIpc) is 2.53. The molecule has 23 heavy (non-hydrogen) atoms. The van der Waals surface area contributed by atoms with Crippen molar-refractivity contribution in [3.63, 3.8) is 0 Å². The van der Waals surface area contributed by atoms with Crippen LogP contribution in [0, 0.1) is 0 Å². The summed E-state index contributed by atoms with van der Waals surface area (Å²) in [7, 11) is 0. The van der Waals surface area contributed by atoms with Gasteiger partial charge in [0.2, 0.25) is 11.8 Å². The number of hydrogen-bond acceptors (Lipinski definition) is 4. The lowest BCUT2D eigenvalue weighted by atomic mass is 10.0. The number of hydrogen-bond donors (Lipinski definition) is 2. The molecule has 5 nitrogen and oxygen atoms in total. The summed E-state index contributed by atoms with van der Waals surface area (Å²) in [6.45, 7) is 5.90. The zero-order valence-electron chi connectivity index (χ0n) is 14.4. The van der Waals surface area contributed by atoms with Crippen molar-refractivity contribution in [2.75, 3.05) is 25.4 Å². The Hall–Kier alpha value is -0.460. The Kier molecular flexibility index (Phi) is 12.6. The van der Waals surface area contributed by atoms with Crippen LogP contribution < -0.4 is 11.1 Å². The van der Waals surface area contributed by atoms with Gasteiger partial charge >= 0.3 is 0 Å². The van der Waals surface area contributed by atoms with Crippen LogP contribution in [0.15, 0.2) is 0 Å². The van der Waals surface area contributed by atoms with Crippen molar-refractivity contribution in [3.05, 3.63) is 0 Å². The minimum absolute atomic E-state index is 0. The Morgan fingerprint density at radius 3 is 2.78 bits per heavy atom. The maximum Gasteiger partial charge on any atom is 0.235 e. The fraction of sp³-hybridized carbons (Fsp3) is 0.875. The van der Waals surface area contributed by atoms with Crippen LogP contribution in [-0.2, 0) is 9.59 Å². The van der Waals surface area contributed by atoms with E-state index in [9.17, 15) is 9.59 Å². The lowest BCUT2D eigenvalue weighted by molar-refractivity contribution is -0.134. The highest BCUT2D eigenvalue weighted by Crippen LogP contribution is 2.22. The number of unbranched alkanes of at least 4 members (excludes halogenated alkanes) is 1. The zero-order valence-corrected chi connectivity index (χ0v) is 16.0. The van der Waals surface area contributed by atoms with E-state index in [-0.39, 0.29) is 35.5 Å². The molecule has 3 N–H and O–H groups in total. The molecule has 0 bridgehead atoms. The van der Waals surface area contributed by atoms with Crippen molar-refractivity contribution < 1.29 is 9.59 Å². The molecule has 1 fully saturated rings. The van der Waals surface area contributed by atoms with Gasteiger partial charge in [-0.2, -0.15) is 0 Å². The molecule has 0 radical (unpaired) electrons. The van der Waals surface area contributed by atoms with Gasteiger partial charge in [-0.3, -0.25) is 9.59 Å². The highest BCUT2D eigenvalue weighted by atomic mass is 35.5. The number of likely N-dealkylation sites (tertiary alicyclic amines) is 1. The number of nitrogens with one attached hydrogen (secondary N) is 1. The van der Waals surface area contributed by atoms with E-state index >= 15 is 0 Å². The molecule has 2 atom stereocenters. The normalized spacial score (nSPS) is 18.9. The van der Waals surface area contributed by atoms with Crippen molar-refractivity contribution >= 4 is 36.0 Å². The molecular formula is C16H32ClN3O2S. The first-order chi connectivity index (χ1) is 10.6. The second kappa shape index (κ2) is 12.9. The molecule has 1 aliphatic rings. The maximum absolute atomic E-state index is 12.6. The Balaban J connectivity index is 0.00000484. The van der Waals surface area contributed by atoms with Crippen LogP contribution in [0.5, 0.6) is 0 Å². The number of amides is 2. The zero-order chi connectivity index (χ0) is 16.4. The SMILES string of the molecule is CCCCSC(C)C(=O)N1CCCCC1CNC(=O)CCN.Cl. The molecule has 0 aromatic carbocycles. The van der Waals surface area contributed by atoms with Gasteiger partial charge in [0.25, 0.3) is 0 Å². The standard InChI is InChI=1S/C16H31N3O2S.ClH/c1-3-4-11-22-13(2)16(21)19-10-6-5-7-14(19)12-18-15(20)8-9-17;/h13-14H,3-12,17H2,1-2H3,(H,18,20);1H. The quantitative estimate of drug-likeness (QED) is 0.614. The molecule has 0 aliphatic carbocycles. The monoisotopic (exact) mass is 365 g/mol. The van der Waals surface area contributed by atoms with E-state index in [1.54, 1.807) is 11.8 Å². The lowest BCUT2D eigenvalue weighted by Crippen LogP contribution is -2.51. The van der Waals surface area contributed by atoms with Crippen LogP contribution in [0.4, 0.5) is 0 Å². The number of nitrogens with zero attached hydrogens (tertiary/aromatic N) is 1. The number of carbonyl (C=O) groups is 2.